The molecule has 1 heterocycles. The van der Waals surface area contributed by atoms with Crippen LogP contribution in [-0.2, 0) is 4.79 Å². The summed E-state index contributed by atoms with van der Waals surface area (Å²) in [6, 6.07) is 6.65. The van der Waals surface area contributed by atoms with Crippen LogP contribution in [0.1, 0.15) is 32.3 Å². The van der Waals surface area contributed by atoms with E-state index in [9.17, 15) is 19.1 Å². The minimum absolute atomic E-state index is 0.0309. The molecule has 0 fully saturated rings. The minimum atomic E-state index is -0.755. The lowest BCUT2D eigenvalue weighted by Crippen LogP contribution is -2.34. The van der Waals surface area contributed by atoms with Gasteiger partial charge in [0.1, 0.15) is 23.9 Å². The number of hydrogen-bond acceptors (Lipinski definition) is 5. The lowest BCUT2D eigenvalue weighted by Gasteiger charge is -2.22. The first-order valence-electron chi connectivity index (χ1n) is 10.6. The van der Waals surface area contributed by atoms with Crippen molar-refractivity contribution in [1.82, 2.24) is 9.47 Å². The highest BCUT2D eigenvalue weighted by Crippen LogP contribution is 2.32. The van der Waals surface area contributed by atoms with E-state index in [0.717, 1.165) is 10.6 Å². The lowest BCUT2D eigenvalue weighted by atomic mass is 9.97. The predicted octanol–water partition coefficient (Wildman–Crippen LogP) is 4.27. The van der Waals surface area contributed by atoms with E-state index in [-0.39, 0.29) is 40.1 Å². The minimum Gasteiger partial charge on any atom is -0.388 e. The molecule has 3 rings (SSSR count). The molecule has 1 N–H and O–H groups in total. The van der Waals surface area contributed by atoms with Crippen molar-refractivity contribution in [2.24, 2.45) is 5.10 Å². The molecule has 10 heteroatoms. The number of aliphatic hydroxyl groups is 1. The number of hydrogen-bond donors (Lipinski definition) is 1. The quantitative estimate of drug-likeness (QED) is 0.232. The predicted molar refractivity (Wildman–Crippen MR) is 130 cm³/mol. The Morgan fingerprint density at radius 3 is 2.50 bits per heavy atom. The number of anilines is 1. The molecular weight excluding hydrogens is 466 g/mol. The molecule has 0 saturated carbocycles. The summed E-state index contributed by atoms with van der Waals surface area (Å²) in [7, 11) is 1.47. The average Bonchev–Trinajstić information content (AvgIpc) is 2.79. The summed E-state index contributed by atoms with van der Waals surface area (Å²) >= 11 is 6.18. The molecule has 0 spiro atoms. The number of hydrazone groups is 1. The highest BCUT2D eigenvalue weighted by Gasteiger charge is 2.20. The molecule has 0 atom stereocenters. The topological polar surface area (TPSA) is 78.1 Å². The van der Waals surface area contributed by atoms with Crippen LogP contribution in [-0.4, -0.2) is 47.0 Å². The summed E-state index contributed by atoms with van der Waals surface area (Å²) in [6.07, 6.45) is 2.03. The number of carbonyl (C=O) groups excluding carboxylic acids is 1. The Kier molecular flexibility index (Phi) is 7.68. The number of likely N-dealkylation sites (N-methyl/N-ethyl adjacent to an activating group) is 1. The van der Waals surface area contributed by atoms with Crippen LogP contribution in [0.15, 0.2) is 46.4 Å². The molecule has 1 amide bonds. The molecule has 7 nitrogen and oxygen atoms in total. The fraction of sp³-hybridized carbons (Fsp3) is 0.292. The van der Waals surface area contributed by atoms with Gasteiger partial charge in [-0.1, -0.05) is 31.5 Å². The van der Waals surface area contributed by atoms with E-state index in [4.69, 9.17) is 11.6 Å². The van der Waals surface area contributed by atoms with E-state index in [1.807, 2.05) is 13.8 Å². The van der Waals surface area contributed by atoms with Crippen LogP contribution in [0.25, 0.3) is 16.5 Å². The van der Waals surface area contributed by atoms with Crippen molar-refractivity contribution >= 4 is 40.3 Å². The molecule has 0 aliphatic carbocycles. The molecule has 2 aromatic carbocycles. The number of carbonyl (C=O) groups is 1. The normalized spacial score (nSPS) is 11.9. The van der Waals surface area contributed by atoms with Crippen LogP contribution >= 0.6 is 11.6 Å². The second-order valence-corrected chi connectivity index (χ2v) is 8.33. The van der Waals surface area contributed by atoms with Crippen LogP contribution in [0.5, 0.6) is 0 Å². The first-order chi connectivity index (χ1) is 16.1. The number of benzene rings is 2. The maximum absolute atomic E-state index is 15.2. The Morgan fingerprint density at radius 1 is 1.24 bits per heavy atom. The summed E-state index contributed by atoms with van der Waals surface area (Å²) in [4.78, 5) is 25.7. The third kappa shape index (κ3) is 4.67. The molecule has 0 bridgehead atoms. The number of amides is 1. The monoisotopic (exact) mass is 490 g/mol. The van der Waals surface area contributed by atoms with Gasteiger partial charge in [0.05, 0.1) is 16.1 Å². The molecule has 180 valence electrons. The number of rotatable bonds is 7. The second kappa shape index (κ2) is 10.3. The van der Waals surface area contributed by atoms with Crippen LogP contribution in [0.4, 0.5) is 14.5 Å². The van der Waals surface area contributed by atoms with E-state index in [1.165, 1.54) is 47.4 Å². The van der Waals surface area contributed by atoms with Crippen molar-refractivity contribution in [3.8, 4) is 5.69 Å². The molecule has 0 aliphatic heterocycles. The van der Waals surface area contributed by atoms with Gasteiger partial charge in [-0.05, 0) is 48.1 Å². The molecule has 0 saturated heterocycles. The molecule has 1 aromatic heterocycles. The SMILES string of the molecule is CCN(C=O)/C(CO)=N\N(C)c1cc2c(C(C)C)cn(-c3c(F)cccc3Cl)c(=O)c2cc1F. The largest absolute Gasteiger partial charge is 0.388 e. The fourth-order valence-corrected chi connectivity index (χ4v) is 3.95. The molecule has 0 radical (unpaired) electrons. The van der Waals surface area contributed by atoms with Crippen LogP contribution in [0, 0.1) is 11.6 Å². The third-order valence-corrected chi connectivity index (χ3v) is 5.78. The smallest absolute Gasteiger partial charge is 0.263 e. The highest BCUT2D eigenvalue weighted by molar-refractivity contribution is 6.32. The summed E-state index contributed by atoms with van der Waals surface area (Å²) < 4.78 is 30.9. The van der Waals surface area contributed by atoms with Gasteiger partial charge in [0.25, 0.3) is 5.56 Å². The van der Waals surface area contributed by atoms with Gasteiger partial charge in [-0.2, -0.15) is 5.10 Å². The summed E-state index contributed by atoms with van der Waals surface area (Å²) in [5.74, 6) is -1.50. The van der Waals surface area contributed by atoms with E-state index >= 15 is 4.39 Å². The van der Waals surface area contributed by atoms with Crippen molar-refractivity contribution in [3.63, 3.8) is 0 Å². The maximum atomic E-state index is 15.2. The standard InChI is InChI=1S/C24H25ClF2N4O3/c1-5-30(13-33)22(12-32)28-29(4)21-10-15-16(9-20(21)27)24(34)31(11-17(15)14(2)3)23-18(25)7-6-8-19(23)26/h6-11,13-14,32H,5,12H2,1-4H3/b28-22-. The molecule has 3 aromatic rings. The van der Waals surface area contributed by atoms with Gasteiger partial charge < -0.3 is 5.11 Å². The van der Waals surface area contributed by atoms with Gasteiger partial charge in [0.15, 0.2) is 5.84 Å². The fourth-order valence-electron chi connectivity index (χ4n) is 3.69. The Balaban J connectivity index is 2.28. The van der Waals surface area contributed by atoms with Gasteiger partial charge in [-0.15, -0.1) is 0 Å². The van der Waals surface area contributed by atoms with Gasteiger partial charge in [0, 0.05) is 19.8 Å². The first-order valence-corrected chi connectivity index (χ1v) is 11.0. The third-order valence-electron chi connectivity index (χ3n) is 5.47. The Hall–Kier alpha value is -3.30. The van der Waals surface area contributed by atoms with Crippen LogP contribution in [0.2, 0.25) is 5.02 Å². The molecular formula is C24H25ClF2N4O3. The highest BCUT2D eigenvalue weighted by atomic mass is 35.5. The van der Waals surface area contributed by atoms with Crippen molar-refractivity contribution < 1.29 is 18.7 Å². The number of amidine groups is 1. The zero-order chi connectivity index (χ0) is 25.2. The zero-order valence-electron chi connectivity index (χ0n) is 19.2. The Bertz CT molecular complexity index is 1300. The number of nitrogens with zero attached hydrogens (tertiary/aromatic N) is 4. The van der Waals surface area contributed by atoms with E-state index in [0.29, 0.717) is 17.4 Å². The van der Waals surface area contributed by atoms with Gasteiger partial charge in [0.2, 0.25) is 6.41 Å². The van der Waals surface area contributed by atoms with Crippen molar-refractivity contribution in [2.75, 3.05) is 25.2 Å². The van der Waals surface area contributed by atoms with Crippen molar-refractivity contribution in [1.29, 1.82) is 0 Å². The molecule has 0 aliphatic rings. The summed E-state index contributed by atoms with van der Waals surface area (Å²) in [5.41, 5.74) is -0.0381. The van der Waals surface area contributed by atoms with Crippen LogP contribution in [0.3, 0.4) is 0 Å². The van der Waals surface area contributed by atoms with E-state index in [1.54, 1.807) is 6.92 Å². The van der Waals surface area contributed by atoms with Gasteiger partial charge in [-0.3, -0.25) is 24.1 Å². The van der Waals surface area contributed by atoms with Gasteiger partial charge >= 0.3 is 0 Å². The van der Waals surface area contributed by atoms with E-state index < -0.39 is 23.8 Å². The lowest BCUT2D eigenvalue weighted by molar-refractivity contribution is -0.114. The summed E-state index contributed by atoms with van der Waals surface area (Å²) in [6.45, 7) is 5.23. The first kappa shape index (κ1) is 25.3. The molecule has 34 heavy (non-hydrogen) atoms. The Morgan fingerprint density at radius 2 is 1.94 bits per heavy atom. The van der Waals surface area contributed by atoms with Crippen molar-refractivity contribution in [3.05, 3.63) is 69.1 Å². The number of fused-ring (bicyclic) bond motifs is 1. The Labute approximate surface area is 200 Å². The number of halogens is 3. The van der Waals surface area contributed by atoms with Crippen molar-refractivity contribution in [2.45, 2.75) is 26.7 Å². The number of pyridine rings is 1. The van der Waals surface area contributed by atoms with E-state index in [2.05, 4.69) is 5.10 Å². The second-order valence-electron chi connectivity index (χ2n) is 7.92. The summed E-state index contributed by atoms with van der Waals surface area (Å²) in [5, 5.41) is 15.5. The maximum Gasteiger partial charge on any atom is 0.263 e. The number of aromatic nitrogens is 1. The zero-order valence-corrected chi connectivity index (χ0v) is 20.0. The molecule has 0 unspecified atom stereocenters. The number of aliphatic hydroxyl groups excluding tert-OH is 1. The van der Waals surface area contributed by atoms with Gasteiger partial charge in [-0.25, -0.2) is 8.78 Å². The van der Waals surface area contributed by atoms with Crippen LogP contribution < -0.4 is 10.6 Å². The number of para-hydroxylation sites is 1. The average molecular weight is 491 g/mol.